The van der Waals surface area contributed by atoms with Crippen LogP contribution in [0.5, 0.6) is 0 Å². The highest BCUT2D eigenvalue weighted by Gasteiger charge is 2.21. The number of oxime groups is 1. The van der Waals surface area contributed by atoms with Crippen molar-refractivity contribution in [1.82, 2.24) is 4.90 Å². The third-order valence-electron chi connectivity index (χ3n) is 4.00. The average Bonchev–Trinajstić information content (AvgIpc) is 2.72. The SMILES string of the molecule is O=C(CO/N=C/c1ccccc1)Nc1ccccc1C(=O)N1CCOCC1. The van der Waals surface area contributed by atoms with Crippen molar-refractivity contribution in [2.24, 2.45) is 5.16 Å². The van der Waals surface area contributed by atoms with Gasteiger partial charge >= 0.3 is 0 Å². The van der Waals surface area contributed by atoms with Crippen molar-refractivity contribution in [3.8, 4) is 0 Å². The average molecular weight is 367 g/mol. The van der Waals surface area contributed by atoms with Gasteiger partial charge in [0.15, 0.2) is 6.61 Å². The highest BCUT2D eigenvalue weighted by molar-refractivity contribution is 6.04. The highest BCUT2D eigenvalue weighted by Crippen LogP contribution is 2.18. The number of anilines is 1. The van der Waals surface area contributed by atoms with Crippen molar-refractivity contribution in [2.45, 2.75) is 0 Å². The number of ether oxygens (including phenoxy) is 1. The molecule has 2 amide bonds. The standard InChI is InChI=1S/C20H21N3O4/c24-19(15-27-21-14-16-6-2-1-3-7-16)22-18-9-5-4-8-17(18)20(25)23-10-12-26-13-11-23/h1-9,14H,10-13,15H2,(H,22,24)/b21-14+. The number of nitrogens with zero attached hydrogens (tertiary/aromatic N) is 2. The molecule has 0 atom stereocenters. The lowest BCUT2D eigenvalue weighted by Crippen LogP contribution is -2.41. The molecule has 140 valence electrons. The molecule has 27 heavy (non-hydrogen) atoms. The fourth-order valence-corrected chi connectivity index (χ4v) is 2.63. The Morgan fingerprint density at radius 2 is 1.78 bits per heavy atom. The predicted molar refractivity (Wildman–Crippen MR) is 102 cm³/mol. The fraction of sp³-hybridized carbons (Fsp3) is 0.250. The number of morpholine rings is 1. The molecule has 0 bridgehead atoms. The van der Waals surface area contributed by atoms with E-state index in [0.29, 0.717) is 37.6 Å². The van der Waals surface area contributed by atoms with Crippen LogP contribution in [-0.2, 0) is 14.4 Å². The molecule has 2 aromatic rings. The number of hydrogen-bond donors (Lipinski definition) is 1. The molecule has 0 saturated carbocycles. The molecular formula is C20H21N3O4. The summed E-state index contributed by atoms with van der Waals surface area (Å²) in [5.74, 6) is -0.514. The largest absolute Gasteiger partial charge is 0.386 e. The van der Waals surface area contributed by atoms with E-state index in [0.717, 1.165) is 5.56 Å². The van der Waals surface area contributed by atoms with E-state index >= 15 is 0 Å². The number of hydrogen-bond acceptors (Lipinski definition) is 5. The number of carbonyl (C=O) groups excluding carboxylic acids is 2. The van der Waals surface area contributed by atoms with Gasteiger partial charge < -0.3 is 19.8 Å². The summed E-state index contributed by atoms with van der Waals surface area (Å²) >= 11 is 0. The lowest BCUT2D eigenvalue weighted by Gasteiger charge is -2.27. The Kier molecular flexibility index (Phi) is 6.54. The molecule has 7 nitrogen and oxygen atoms in total. The third kappa shape index (κ3) is 5.39. The first-order valence-corrected chi connectivity index (χ1v) is 8.70. The second kappa shape index (κ2) is 9.49. The summed E-state index contributed by atoms with van der Waals surface area (Å²) in [6.07, 6.45) is 1.53. The van der Waals surface area contributed by atoms with Crippen molar-refractivity contribution < 1.29 is 19.2 Å². The molecule has 7 heteroatoms. The highest BCUT2D eigenvalue weighted by atomic mass is 16.6. The minimum absolute atomic E-state index is 0.128. The van der Waals surface area contributed by atoms with Crippen LogP contribution in [0.3, 0.4) is 0 Å². The summed E-state index contributed by atoms with van der Waals surface area (Å²) in [7, 11) is 0. The maximum absolute atomic E-state index is 12.7. The van der Waals surface area contributed by atoms with Crippen LogP contribution in [0.1, 0.15) is 15.9 Å². The minimum atomic E-state index is -0.387. The van der Waals surface area contributed by atoms with Crippen LogP contribution < -0.4 is 5.32 Å². The van der Waals surface area contributed by atoms with Crippen LogP contribution >= 0.6 is 0 Å². The Morgan fingerprint density at radius 3 is 2.56 bits per heavy atom. The molecule has 1 heterocycles. The molecule has 0 aromatic heterocycles. The Balaban J connectivity index is 1.56. The van der Waals surface area contributed by atoms with E-state index in [-0.39, 0.29) is 18.4 Å². The molecule has 1 N–H and O–H groups in total. The van der Waals surface area contributed by atoms with E-state index in [2.05, 4.69) is 10.5 Å². The van der Waals surface area contributed by atoms with Gasteiger partial charge in [-0.05, 0) is 17.7 Å². The van der Waals surface area contributed by atoms with Crippen LogP contribution in [0.25, 0.3) is 0 Å². The minimum Gasteiger partial charge on any atom is -0.386 e. The first kappa shape index (κ1) is 18.6. The van der Waals surface area contributed by atoms with Gasteiger partial charge in [-0.2, -0.15) is 0 Å². The molecule has 1 fully saturated rings. The second-order valence-corrected chi connectivity index (χ2v) is 5.92. The smallest absolute Gasteiger partial charge is 0.265 e. The number of benzene rings is 2. The quantitative estimate of drug-likeness (QED) is 0.627. The van der Waals surface area contributed by atoms with Gasteiger partial charge in [0.05, 0.1) is 30.7 Å². The molecule has 1 aliphatic rings. The summed E-state index contributed by atoms with van der Waals surface area (Å²) in [6.45, 7) is 1.88. The van der Waals surface area contributed by atoms with E-state index < -0.39 is 0 Å². The Morgan fingerprint density at radius 1 is 1.07 bits per heavy atom. The van der Waals surface area contributed by atoms with Crippen molar-refractivity contribution >= 4 is 23.7 Å². The molecule has 0 unspecified atom stereocenters. The zero-order chi connectivity index (χ0) is 18.9. The monoisotopic (exact) mass is 367 g/mol. The van der Waals surface area contributed by atoms with Crippen LogP contribution in [0.15, 0.2) is 59.8 Å². The summed E-state index contributed by atoms with van der Waals surface area (Å²) < 4.78 is 5.27. The van der Waals surface area contributed by atoms with Crippen molar-refractivity contribution in [2.75, 3.05) is 38.2 Å². The van der Waals surface area contributed by atoms with Crippen LogP contribution in [0, 0.1) is 0 Å². The lowest BCUT2D eigenvalue weighted by atomic mass is 10.1. The number of carbonyl (C=O) groups is 2. The number of rotatable bonds is 6. The number of amides is 2. The maximum atomic E-state index is 12.7. The van der Waals surface area contributed by atoms with Gasteiger partial charge in [0.2, 0.25) is 0 Å². The summed E-state index contributed by atoms with van der Waals surface area (Å²) in [4.78, 5) is 31.6. The lowest BCUT2D eigenvalue weighted by molar-refractivity contribution is -0.120. The van der Waals surface area contributed by atoms with Gasteiger partial charge in [0.1, 0.15) is 0 Å². The van der Waals surface area contributed by atoms with Gasteiger partial charge in [-0.1, -0.05) is 47.6 Å². The van der Waals surface area contributed by atoms with Crippen LogP contribution in [0.4, 0.5) is 5.69 Å². The van der Waals surface area contributed by atoms with Gasteiger partial charge in [-0.15, -0.1) is 0 Å². The maximum Gasteiger partial charge on any atom is 0.265 e. The Bertz CT molecular complexity index is 802. The van der Waals surface area contributed by atoms with Gasteiger partial charge in [-0.25, -0.2) is 0 Å². The van der Waals surface area contributed by atoms with Crippen molar-refractivity contribution in [1.29, 1.82) is 0 Å². The number of nitrogens with one attached hydrogen (secondary N) is 1. The van der Waals surface area contributed by atoms with E-state index in [1.54, 1.807) is 29.2 Å². The Labute approximate surface area is 157 Å². The summed E-state index contributed by atoms with van der Waals surface area (Å²) in [6, 6.07) is 16.3. The third-order valence-corrected chi connectivity index (χ3v) is 4.00. The van der Waals surface area contributed by atoms with Crippen molar-refractivity contribution in [3.63, 3.8) is 0 Å². The summed E-state index contributed by atoms with van der Waals surface area (Å²) in [5.41, 5.74) is 1.77. The molecule has 0 spiro atoms. The first-order valence-electron chi connectivity index (χ1n) is 8.70. The van der Waals surface area contributed by atoms with Crippen molar-refractivity contribution in [3.05, 3.63) is 65.7 Å². The molecule has 2 aromatic carbocycles. The Hall–Kier alpha value is -3.19. The predicted octanol–water partition coefficient (Wildman–Crippen LogP) is 2.15. The number of para-hydroxylation sites is 1. The molecule has 3 rings (SSSR count). The van der Waals surface area contributed by atoms with E-state index in [1.165, 1.54) is 6.21 Å². The molecule has 0 radical (unpaired) electrons. The van der Waals surface area contributed by atoms with E-state index in [4.69, 9.17) is 9.57 Å². The first-order chi connectivity index (χ1) is 13.2. The van der Waals surface area contributed by atoms with E-state index in [1.807, 2.05) is 30.3 Å². The van der Waals surface area contributed by atoms with E-state index in [9.17, 15) is 9.59 Å². The van der Waals surface area contributed by atoms with Crippen LogP contribution in [-0.4, -0.2) is 55.8 Å². The summed E-state index contributed by atoms with van der Waals surface area (Å²) in [5, 5.41) is 6.49. The molecule has 1 aliphatic heterocycles. The topological polar surface area (TPSA) is 80.2 Å². The molecule has 1 saturated heterocycles. The van der Waals surface area contributed by atoms with Gasteiger partial charge in [0.25, 0.3) is 11.8 Å². The normalized spacial score (nSPS) is 14.1. The zero-order valence-corrected chi connectivity index (χ0v) is 14.8. The fourth-order valence-electron chi connectivity index (χ4n) is 2.63. The molecule has 0 aliphatic carbocycles. The van der Waals surface area contributed by atoms with Crippen LogP contribution in [0.2, 0.25) is 0 Å². The van der Waals surface area contributed by atoms with Gasteiger partial charge in [-0.3, -0.25) is 9.59 Å². The zero-order valence-electron chi connectivity index (χ0n) is 14.8. The second-order valence-electron chi connectivity index (χ2n) is 5.92. The van der Waals surface area contributed by atoms with Gasteiger partial charge in [0, 0.05) is 13.1 Å². The molecular weight excluding hydrogens is 346 g/mol.